The van der Waals surface area contributed by atoms with Crippen molar-refractivity contribution >= 4 is 29.2 Å². The van der Waals surface area contributed by atoms with E-state index >= 15 is 0 Å². The predicted octanol–water partition coefficient (Wildman–Crippen LogP) is 4.58. The van der Waals surface area contributed by atoms with Gasteiger partial charge in [0.15, 0.2) is 0 Å². The van der Waals surface area contributed by atoms with Crippen LogP contribution in [0.4, 0.5) is 0 Å². The zero-order chi connectivity index (χ0) is 14.7. The number of hydrogen-bond donors (Lipinski definition) is 1. The summed E-state index contributed by atoms with van der Waals surface area (Å²) in [5.74, 6) is -0.413. The van der Waals surface area contributed by atoms with E-state index in [1.165, 1.54) is 6.07 Å². The summed E-state index contributed by atoms with van der Waals surface area (Å²) in [4.78, 5) is 10.9. The Hall–Kier alpha value is -1.71. The SMILES string of the molecule is Cc1cc(Cl)cc(Cl)c1OCc1cccc(C(=O)O)c1. The summed E-state index contributed by atoms with van der Waals surface area (Å²) in [6.07, 6.45) is 0. The van der Waals surface area contributed by atoms with Crippen LogP contribution in [0.2, 0.25) is 10.0 Å². The molecule has 1 N–H and O–H groups in total. The van der Waals surface area contributed by atoms with Crippen LogP contribution in [0.3, 0.4) is 0 Å². The van der Waals surface area contributed by atoms with Crippen LogP contribution in [0.25, 0.3) is 0 Å². The van der Waals surface area contributed by atoms with Crippen molar-refractivity contribution in [1.82, 2.24) is 0 Å². The Morgan fingerprint density at radius 1 is 1.25 bits per heavy atom. The Kier molecular flexibility index (Phi) is 4.53. The molecule has 0 amide bonds. The van der Waals surface area contributed by atoms with Crippen molar-refractivity contribution in [3.8, 4) is 5.75 Å². The first kappa shape index (κ1) is 14.7. The Morgan fingerprint density at radius 3 is 2.65 bits per heavy atom. The number of ether oxygens (including phenoxy) is 1. The summed E-state index contributed by atoms with van der Waals surface area (Å²) in [6.45, 7) is 2.09. The van der Waals surface area contributed by atoms with Gasteiger partial charge in [0, 0.05) is 5.02 Å². The molecule has 0 unspecified atom stereocenters. The minimum atomic E-state index is -0.965. The van der Waals surface area contributed by atoms with Gasteiger partial charge in [-0.1, -0.05) is 35.3 Å². The highest BCUT2D eigenvalue weighted by molar-refractivity contribution is 6.35. The monoisotopic (exact) mass is 310 g/mol. The van der Waals surface area contributed by atoms with Gasteiger partial charge in [-0.2, -0.15) is 0 Å². The molecule has 2 aromatic rings. The van der Waals surface area contributed by atoms with Gasteiger partial charge < -0.3 is 9.84 Å². The van der Waals surface area contributed by atoms with Crippen molar-refractivity contribution in [2.75, 3.05) is 0 Å². The number of hydrogen-bond acceptors (Lipinski definition) is 2. The van der Waals surface area contributed by atoms with E-state index in [0.717, 1.165) is 11.1 Å². The van der Waals surface area contributed by atoms with Crippen molar-refractivity contribution in [2.24, 2.45) is 0 Å². The number of rotatable bonds is 4. The number of aryl methyl sites for hydroxylation is 1. The summed E-state index contributed by atoms with van der Waals surface area (Å²) in [7, 11) is 0. The minimum absolute atomic E-state index is 0.227. The first-order valence-electron chi connectivity index (χ1n) is 5.88. The van der Waals surface area contributed by atoms with Crippen molar-refractivity contribution in [1.29, 1.82) is 0 Å². The molecule has 2 aromatic carbocycles. The molecule has 0 aliphatic rings. The maximum absolute atomic E-state index is 10.9. The standard InChI is InChI=1S/C15H12Cl2O3/c1-9-5-12(16)7-13(17)14(9)20-8-10-3-2-4-11(6-10)15(18)19/h2-7H,8H2,1H3,(H,18,19). The maximum atomic E-state index is 10.9. The summed E-state index contributed by atoms with van der Waals surface area (Å²) in [5.41, 5.74) is 1.82. The highest BCUT2D eigenvalue weighted by Gasteiger charge is 2.09. The molecule has 104 valence electrons. The zero-order valence-electron chi connectivity index (χ0n) is 10.7. The lowest BCUT2D eigenvalue weighted by Crippen LogP contribution is -2.01. The fourth-order valence-electron chi connectivity index (χ4n) is 1.82. The van der Waals surface area contributed by atoms with Gasteiger partial charge in [-0.3, -0.25) is 0 Å². The summed E-state index contributed by atoms with van der Waals surface area (Å²) in [6, 6.07) is 9.95. The van der Waals surface area contributed by atoms with E-state index in [2.05, 4.69) is 0 Å². The molecule has 0 aliphatic carbocycles. The number of carboxylic acid groups (broad SMARTS) is 1. The molecular weight excluding hydrogens is 299 g/mol. The molecule has 0 saturated carbocycles. The van der Waals surface area contributed by atoms with Crippen LogP contribution in [-0.4, -0.2) is 11.1 Å². The van der Waals surface area contributed by atoms with Gasteiger partial charge in [-0.05, 0) is 42.3 Å². The predicted molar refractivity (Wildman–Crippen MR) is 78.9 cm³/mol. The molecule has 0 radical (unpaired) electrons. The van der Waals surface area contributed by atoms with E-state index in [1.807, 2.05) is 6.92 Å². The lowest BCUT2D eigenvalue weighted by molar-refractivity contribution is 0.0696. The Labute approximate surface area is 126 Å². The maximum Gasteiger partial charge on any atom is 0.335 e. The van der Waals surface area contributed by atoms with Gasteiger partial charge >= 0.3 is 5.97 Å². The molecule has 2 rings (SSSR count). The molecule has 0 saturated heterocycles. The smallest absolute Gasteiger partial charge is 0.335 e. The highest BCUT2D eigenvalue weighted by Crippen LogP contribution is 2.32. The highest BCUT2D eigenvalue weighted by atomic mass is 35.5. The fraction of sp³-hybridized carbons (Fsp3) is 0.133. The lowest BCUT2D eigenvalue weighted by atomic mass is 10.1. The summed E-state index contributed by atoms with van der Waals surface area (Å²) in [5, 5.41) is 9.92. The zero-order valence-corrected chi connectivity index (χ0v) is 12.2. The van der Waals surface area contributed by atoms with Crippen molar-refractivity contribution in [3.05, 3.63) is 63.1 Å². The number of carboxylic acids is 1. The quantitative estimate of drug-likeness (QED) is 0.899. The molecule has 0 aromatic heterocycles. The van der Waals surface area contributed by atoms with Crippen LogP contribution in [0.5, 0.6) is 5.75 Å². The third kappa shape index (κ3) is 3.44. The molecule has 0 spiro atoms. The molecule has 0 bridgehead atoms. The van der Waals surface area contributed by atoms with Crippen molar-refractivity contribution in [2.45, 2.75) is 13.5 Å². The first-order chi connectivity index (χ1) is 9.47. The topological polar surface area (TPSA) is 46.5 Å². The van der Waals surface area contributed by atoms with Crippen LogP contribution in [-0.2, 0) is 6.61 Å². The Bertz CT molecular complexity index is 630. The van der Waals surface area contributed by atoms with Crippen LogP contribution >= 0.6 is 23.2 Å². The molecular formula is C15H12Cl2O3. The van der Waals surface area contributed by atoms with Crippen LogP contribution in [0.15, 0.2) is 36.4 Å². The molecule has 0 atom stereocenters. The molecule has 3 nitrogen and oxygen atoms in total. The first-order valence-corrected chi connectivity index (χ1v) is 6.63. The second-order valence-corrected chi connectivity index (χ2v) is 5.17. The van der Waals surface area contributed by atoms with E-state index < -0.39 is 5.97 Å². The fourth-order valence-corrected chi connectivity index (χ4v) is 2.47. The van der Waals surface area contributed by atoms with Crippen molar-refractivity contribution < 1.29 is 14.6 Å². The molecule has 5 heteroatoms. The molecule has 0 fully saturated rings. The number of aromatic carboxylic acids is 1. The van der Waals surface area contributed by atoms with Gasteiger partial charge in [-0.15, -0.1) is 0 Å². The normalized spacial score (nSPS) is 10.3. The second kappa shape index (κ2) is 6.16. The largest absolute Gasteiger partial charge is 0.487 e. The average Bonchev–Trinajstić information content (AvgIpc) is 2.37. The van der Waals surface area contributed by atoms with Gasteiger partial charge in [0.2, 0.25) is 0 Å². The van der Waals surface area contributed by atoms with Crippen LogP contribution < -0.4 is 4.74 Å². The summed E-state index contributed by atoms with van der Waals surface area (Å²) < 4.78 is 5.66. The average molecular weight is 311 g/mol. The number of halogens is 2. The van der Waals surface area contributed by atoms with Gasteiger partial charge in [0.05, 0.1) is 10.6 Å². The third-order valence-electron chi connectivity index (χ3n) is 2.75. The van der Waals surface area contributed by atoms with Crippen molar-refractivity contribution in [3.63, 3.8) is 0 Å². The van der Waals surface area contributed by atoms with E-state index in [9.17, 15) is 4.79 Å². The van der Waals surface area contributed by atoms with Crippen LogP contribution in [0.1, 0.15) is 21.5 Å². The summed E-state index contributed by atoms with van der Waals surface area (Å²) >= 11 is 12.0. The second-order valence-electron chi connectivity index (χ2n) is 4.33. The molecule has 0 heterocycles. The van der Waals surface area contributed by atoms with Crippen LogP contribution in [0, 0.1) is 6.92 Å². The molecule has 0 aliphatic heterocycles. The number of carbonyl (C=O) groups is 1. The van der Waals surface area contributed by atoms with Gasteiger partial charge in [0.25, 0.3) is 0 Å². The van der Waals surface area contributed by atoms with E-state index in [1.54, 1.807) is 30.3 Å². The minimum Gasteiger partial charge on any atom is -0.487 e. The van der Waals surface area contributed by atoms with Gasteiger partial charge in [-0.25, -0.2) is 4.79 Å². The van der Waals surface area contributed by atoms with Gasteiger partial charge in [0.1, 0.15) is 12.4 Å². The third-order valence-corrected chi connectivity index (χ3v) is 3.25. The lowest BCUT2D eigenvalue weighted by Gasteiger charge is -2.11. The Balaban J connectivity index is 2.17. The van der Waals surface area contributed by atoms with E-state index in [-0.39, 0.29) is 12.2 Å². The number of benzene rings is 2. The Morgan fingerprint density at radius 2 is 2.00 bits per heavy atom. The van der Waals surface area contributed by atoms with E-state index in [0.29, 0.717) is 15.8 Å². The molecule has 20 heavy (non-hydrogen) atoms. The van der Waals surface area contributed by atoms with E-state index in [4.69, 9.17) is 33.0 Å².